The van der Waals surface area contributed by atoms with E-state index in [-0.39, 0.29) is 24.3 Å². The molecule has 2 aromatic rings. The Morgan fingerprint density at radius 2 is 2.15 bits per heavy atom. The number of hydrogen-bond donors (Lipinski definition) is 3. The molecule has 1 fully saturated rings. The minimum absolute atomic E-state index is 0.0481. The monoisotopic (exact) mass is 393 g/mol. The topological polar surface area (TPSA) is 117 Å². The SMILES string of the molecule is NC(=O)Cc1csc(NC(=O)C2CCCN(C(=O)Nc3cccs3)C2)n1. The first-order valence-corrected chi connectivity index (χ1v) is 9.90. The van der Waals surface area contributed by atoms with E-state index in [0.717, 1.165) is 11.4 Å². The number of likely N-dealkylation sites (tertiary alicyclic amines) is 1. The first-order chi connectivity index (χ1) is 12.5. The van der Waals surface area contributed by atoms with E-state index >= 15 is 0 Å². The molecule has 0 spiro atoms. The molecule has 138 valence electrons. The molecule has 0 saturated carbocycles. The lowest BCUT2D eigenvalue weighted by Gasteiger charge is -2.31. The number of aromatic nitrogens is 1. The quantitative estimate of drug-likeness (QED) is 0.721. The molecule has 0 aromatic carbocycles. The minimum Gasteiger partial charge on any atom is -0.369 e. The third-order valence-electron chi connectivity index (χ3n) is 3.97. The van der Waals surface area contributed by atoms with Crippen molar-refractivity contribution in [2.45, 2.75) is 19.3 Å². The number of rotatable bonds is 5. The summed E-state index contributed by atoms with van der Waals surface area (Å²) in [6.45, 7) is 0.990. The number of nitrogens with zero attached hydrogens (tertiary/aromatic N) is 2. The number of hydrogen-bond acceptors (Lipinski definition) is 6. The molecule has 26 heavy (non-hydrogen) atoms. The van der Waals surface area contributed by atoms with Crippen LogP contribution < -0.4 is 16.4 Å². The number of thiophene rings is 1. The van der Waals surface area contributed by atoms with Crippen molar-refractivity contribution in [1.82, 2.24) is 9.88 Å². The van der Waals surface area contributed by atoms with Crippen molar-refractivity contribution in [2.24, 2.45) is 11.7 Å². The molecule has 0 bridgehead atoms. The average Bonchev–Trinajstić information content (AvgIpc) is 3.26. The summed E-state index contributed by atoms with van der Waals surface area (Å²) >= 11 is 2.70. The average molecular weight is 393 g/mol. The van der Waals surface area contributed by atoms with E-state index in [2.05, 4.69) is 15.6 Å². The fraction of sp³-hybridized carbons (Fsp3) is 0.375. The van der Waals surface area contributed by atoms with E-state index < -0.39 is 5.91 Å². The smallest absolute Gasteiger partial charge is 0.322 e. The number of amides is 4. The van der Waals surface area contributed by atoms with Gasteiger partial charge in [-0.3, -0.25) is 14.9 Å². The lowest BCUT2D eigenvalue weighted by molar-refractivity contribution is -0.121. The van der Waals surface area contributed by atoms with Gasteiger partial charge in [-0.2, -0.15) is 0 Å². The molecule has 4 N–H and O–H groups in total. The van der Waals surface area contributed by atoms with Crippen LogP contribution in [0.25, 0.3) is 0 Å². The Morgan fingerprint density at radius 1 is 1.31 bits per heavy atom. The number of carbonyl (C=O) groups is 3. The number of primary amides is 1. The van der Waals surface area contributed by atoms with Crippen LogP contribution in [0.5, 0.6) is 0 Å². The summed E-state index contributed by atoms with van der Waals surface area (Å²) < 4.78 is 0. The van der Waals surface area contributed by atoms with Crippen molar-refractivity contribution >= 4 is 50.7 Å². The van der Waals surface area contributed by atoms with Gasteiger partial charge in [0.05, 0.1) is 23.0 Å². The maximum Gasteiger partial charge on any atom is 0.322 e. The van der Waals surface area contributed by atoms with Gasteiger partial charge < -0.3 is 16.0 Å². The van der Waals surface area contributed by atoms with Gasteiger partial charge in [0.25, 0.3) is 0 Å². The van der Waals surface area contributed by atoms with Crippen LogP contribution in [0.2, 0.25) is 0 Å². The lowest BCUT2D eigenvalue weighted by Crippen LogP contribution is -2.45. The second-order valence-corrected chi connectivity index (χ2v) is 7.77. The van der Waals surface area contributed by atoms with Crippen molar-refractivity contribution in [1.29, 1.82) is 0 Å². The normalized spacial score (nSPS) is 16.9. The summed E-state index contributed by atoms with van der Waals surface area (Å²) in [7, 11) is 0. The highest BCUT2D eigenvalue weighted by atomic mass is 32.1. The largest absolute Gasteiger partial charge is 0.369 e. The van der Waals surface area contributed by atoms with Crippen LogP contribution >= 0.6 is 22.7 Å². The molecule has 0 aliphatic carbocycles. The predicted octanol–water partition coefficient (Wildman–Crippen LogP) is 2.12. The number of anilines is 2. The molecule has 2 aromatic heterocycles. The molecular formula is C16H19N5O3S2. The Hall–Kier alpha value is -2.46. The highest BCUT2D eigenvalue weighted by Crippen LogP contribution is 2.22. The third-order valence-corrected chi connectivity index (χ3v) is 5.56. The fourth-order valence-corrected chi connectivity index (χ4v) is 4.06. The van der Waals surface area contributed by atoms with Crippen LogP contribution in [0.15, 0.2) is 22.9 Å². The zero-order valence-corrected chi connectivity index (χ0v) is 15.6. The third kappa shape index (κ3) is 4.79. The molecular weight excluding hydrogens is 374 g/mol. The molecule has 3 rings (SSSR count). The molecule has 1 atom stereocenters. The van der Waals surface area contributed by atoms with E-state index in [1.165, 1.54) is 22.7 Å². The van der Waals surface area contributed by atoms with Gasteiger partial charge in [0.15, 0.2) is 5.13 Å². The van der Waals surface area contributed by atoms with Gasteiger partial charge in [-0.25, -0.2) is 9.78 Å². The Bertz CT molecular complexity index is 790. The van der Waals surface area contributed by atoms with Crippen molar-refractivity contribution in [2.75, 3.05) is 23.7 Å². The Kier molecular flexibility index (Phi) is 5.84. The van der Waals surface area contributed by atoms with Crippen LogP contribution in [0.3, 0.4) is 0 Å². The second kappa shape index (κ2) is 8.28. The van der Waals surface area contributed by atoms with E-state index in [0.29, 0.717) is 30.3 Å². The molecule has 1 aliphatic rings. The Labute approximate surface area is 158 Å². The van der Waals surface area contributed by atoms with Gasteiger partial charge >= 0.3 is 6.03 Å². The number of piperidine rings is 1. The molecule has 1 aliphatic heterocycles. The summed E-state index contributed by atoms with van der Waals surface area (Å²) in [4.78, 5) is 41.6. The van der Waals surface area contributed by atoms with Crippen LogP contribution in [0.4, 0.5) is 14.9 Å². The van der Waals surface area contributed by atoms with Crippen molar-refractivity contribution in [3.8, 4) is 0 Å². The zero-order valence-electron chi connectivity index (χ0n) is 13.9. The molecule has 1 unspecified atom stereocenters. The number of urea groups is 1. The van der Waals surface area contributed by atoms with Crippen molar-refractivity contribution in [3.63, 3.8) is 0 Å². The van der Waals surface area contributed by atoms with E-state index in [1.54, 1.807) is 10.3 Å². The molecule has 3 heterocycles. The predicted molar refractivity (Wildman–Crippen MR) is 101 cm³/mol. The standard InChI is InChI=1S/C16H19N5O3S2/c17-12(22)7-11-9-26-15(18-11)20-14(23)10-3-1-5-21(8-10)16(24)19-13-4-2-6-25-13/h2,4,6,9-10H,1,3,5,7-8H2,(H2,17,22)(H,19,24)(H,18,20,23). The molecule has 0 radical (unpaired) electrons. The number of carbonyl (C=O) groups excluding carboxylic acids is 3. The van der Waals surface area contributed by atoms with Gasteiger partial charge in [-0.1, -0.05) is 0 Å². The molecule has 10 heteroatoms. The highest BCUT2D eigenvalue weighted by molar-refractivity contribution is 7.14. The first-order valence-electron chi connectivity index (χ1n) is 8.14. The second-order valence-electron chi connectivity index (χ2n) is 5.97. The minimum atomic E-state index is -0.465. The van der Waals surface area contributed by atoms with Crippen LogP contribution in [-0.4, -0.2) is 40.8 Å². The summed E-state index contributed by atoms with van der Waals surface area (Å²) in [6.07, 6.45) is 1.53. The lowest BCUT2D eigenvalue weighted by atomic mass is 9.97. The Balaban J connectivity index is 1.54. The van der Waals surface area contributed by atoms with Crippen LogP contribution in [0, 0.1) is 5.92 Å². The number of thiazole rings is 1. The van der Waals surface area contributed by atoms with Gasteiger partial charge in [-0.05, 0) is 30.4 Å². The maximum absolute atomic E-state index is 12.5. The maximum atomic E-state index is 12.5. The summed E-state index contributed by atoms with van der Waals surface area (Å²) in [5.41, 5.74) is 5.68. The van der Waals surface area contributed by atoms with E-state index in [4.69, 9.17) is 5.73 Å². The number of nitrogens with one attached hydrogen (secondary N) is 2. The Morgan fingerprint density at radius 3 is 2.88 bits per heavy atom. The van der Waals surface area contributed by atoms with Crippen LogP contribution in [0.1, 0.15) is 18.5 Å². The first kappa shape index (κ1) is 18.3. The van der Waals surface area contributed by atoms with Crippen LogP contribution in [-0.2, 0) is 16.0 Å². The van der Waals surface area contributed by atoms with Crippen molar-refractivity contribution in [3.05, 3.63) is 28.6 Å². The summed E-state index contributed by atoms with van der Waals surface area (Å²) in [6, 6.07) is 3.51. The van der Waals surface area contributed by atoms with Crippen molar-refractivity contribution < 1.29 is 14.4 Å². The van der Waals surface area contributed by atoms with Gasteiger partial charge in [-0.15, -0.1) is 22.7 Å². The van der Waals surface area contributed by atoms with Gasteiger partial charge in [0.1, 0.15) is 0 Å². The molecule has 1 saturated heterocycles. The summed E-state index contributed by atoms with van der Waals surface area (Å²) in [5.74, 6) is -0.923. The van der Waals surface area contributed by atoms with E-state index in [1.807, 2.05) is 17.5 Å². The van der Waals surface area contributed by atoms with E-state index in [9.17, 15) is 14.4 Å². The zero-order chi connectivity index (χ0) is 18.5. The highest BCUT2D eigenvalue weighted by Gasteiger charge is 2.29. The molecule has 8 nitrogen and oxygen atoms in total. The van der Waals surface area contributed by atoms with Gasteiger partial charge in [0.2, 0.25) is 11.8 Å². The molecule has 4 amide bonds. The number of nitrogens with two attached hydrogens (primary N) is 1. The fourth-order valence-electron chi connectivity index (χ4n) is 2.74. The van der Waals surface area contributed by atoms with Gasteiger partial charge in [0, 0.05) is 18.5 Å². The summed E-state index contributed by atoms with van der Waals surface area (Å²) in [5, 5.41) is 10.4.